The Morgan fingerprint density at radius 1 is 0.380 bits per heavy atom. The van der Waals surface area contributed by atoms with Crippen molar-refractivity contribution < 1.29 is 0 Å². The molecular weight excluding hydrogens is 863 g/mol. The van der Waals surface area contributed by atoms with Crippen molar-refractivity contribution in [3.63, 3.8) is 0 Å². The topological polar surface area (TPSA) is 48.5 Å². The van der Waals surface area contributed by atoms with E-state index in [1.165, 1.54) is 88.5 Å². The van der Waals surface area contributed by atoms with E-state index in [9.17, 15) is 0 Å². The molecule has 0 radical (unpaired) electrons. The van der Waals surface area contributed by atoms with Gasteiger partial charge >= 0.3 is 0 Å². The molecule has 4 aliphatic rings. The van der Waals surface area contributed by atoms with E-state index in [2.05, 4.69) is 223 Å². The van der Waals surface area contributed by atoms with E-state index in [1.54, 1.807) is 0 Å². The zero-order valence-electron chi connectivity index (χ0n) is 40.0. The third-order valence-corrected chi connectivity index (χ3v) is 15.4. The van der Waals surface area contributed by atoms with Gasteiger partial charge in [-0.1, -0.05) is 153 Å². The van der Waals surface area contributed by atoms with Crippen molar-refractivity contribution in [2.24, 2.45) is 0 Å². The van der Waals surface area contributed by atoms with E-state index in [0.29, 0.717) is 17.6 Å². The second-order valence-corrected chi connectivity index (χ2v) is 20.1. The van der Waals surface area contributed by atoms with E-state index in [-0.39, 0.29) is 5.41 Å². The second kappa shape index (κ2) is 16.4. The molecule has 0 saturated carbocycles. The van der Waals surface area contributed by atoms with Crippen LogP contribution in [0.2, 0.25) is 0 Å². The van der Waals surface area contributed by atoms with Crippen LogP contribution >= 0.6 is 0 Å². The summed E-state index contributed by atoms with van der Waals surface area (Å²) < 4.78 is 4.79. The summed E-state index contributed by atoms with van der Waals surface area (Å²) in [6, 6.07) is 54.0. The molecule has 0 unspecified atom stereocenters. The molecule has 3 aromatic heterocycles. The first-order valence-corrected chi connectivity index (χ1v) is 25.3. The largest absolute Gasteiger partial charge is 0.309 e. The van der Waals surface area contributed by atoms with Gasteiger partial charge in [-0.25, -0.2) is 4.98 Å². The average molecular weight is 914 g/mol. The van der Waals surface area contributed by atoms with Gasteiger partial charge in [0.25, 0.3) is 0 Å². The molecule has 14 rings (SSSR count). The standard InChI is InChI=1S/C66H51N5/c1-66(2)56-40-50(45-24-14-6-15-25-45)31-35-61(56)70-58-32-28-49(44-22-12-5-13-23-44)38-54(58)55-39-51(41-57(66)62(55)70)64-67-63(46-26-16-7-17-27-46)68-65(69-64)71-59-33-29-47(42-18-8-3-9-19-42)36-52(59)53-37-48(30-34-60(53)71)43-20-10-4-11-21-43/h3,6,8-10,12,14-16,18-41H,4-5,7,11,13,17H2,1-2H3. The Labute approximate surface area is 413 Å². The average Bonchev–Trinajstić information content (AvgIpc) is 3.96. The highest BCUT2D eigenvalue weighted by atomic mass is 15.2. The Kier molecular flexibility index (Phi) is 9.57. The lowest BCUT2D eigenvalue weighted by Crippen LogP contribution is -2.26. The number of rotatable bonds is 7. The Bertz CT molecular complexity index is 4050. The molecule has 71 heavy (non-hydrogen) atoms. The van der Waals surface area contributed by atoms with Gasteiger partial charge in [0.05, 0.1) is 27.8 Å². The van der Waals surface area contributed by atoms with E-state index in [4.69, 9.17) is 15.0 Å². The number of benzene rings is 7. The zero-order valence-corrected chi connectivity index (χ0v) is 40.0. The monoisotopic (exact) mass is 913 g/mol. The van der Waals surface area contributed by atoms with Gasteiger partial charge in [-0.15, -0.1) is 0 Å². The summed E-state index contributed by atoms with van der Waals surface area (Å²) in [4.78, 5) is 16.5. The fourth-order valence-electron chi connectivity index (χ4n) is 11.8. The molecule has 10 aromatic rings. The van der Waals surface area contributed by atoms with Gasteiger partial charge in [0.2, 0.25) is 5.95 Å². The van der Waals surface area contributed by atoms with Gasteiger partial charge in [-0.3, -0.25) is 4.57 Å². The van der Waals surface area contributed by atoms with E-state index in [0.717, 1.165) is 66.1 Å². The zero-order chi connectivity index (χ0) is 47.2. The lowest BCUT2D eigenvalue weighted by atomic mass is 9.73. The minimum absolute atomic E-state index is 0.368. The van der Waals surface area contributed by atoms with Crippen LogP contribution in [-0.2, 0) is 5.41 Å². The minimum Gasteiger partial charge on any atom is -0.309 e. The van der Waals surface area contributed by atoms with Crippen molar-refractivity contribution in [3.05, 3.63) is 228 Å². The summed E-state index contributed by atoms with van der Waals surface area (Å²) in [5.74, 6) is 1.94. The Balaban J connectivity index is 1.03. The van der Waals surface area contributed by atoms with Crippen LogP contribution in [0.3, 0.4) is 0 Å². The molecule has 340 valence electrons. The molecule has 0 saturated heterocycles. The lowest BCUT2D eigenvalue weighted by molar-refractivity contribution is 0.630. The number of hydrogen-bond acceptors (Lipinski definition) is 3. The molecule has 0 bridgehead atoms. The highest BCUT2D eigenvalue weighted by Crippen LogP contribution is 2.50. The van der Waals surface area contributed by atoms with Crippen molar-refractivity contribution in [1.29, 1.82) is 0 Å². The molecule has 5 heteroatoms. The first kappa shape index (κ1) is 41.6. The first-order valence-electron chi connectivity index (χ1n) is 25.3. The fourth-order valence-corrected chi connectivity index (χ4v) is 11.8. The molecule has 3 aliphatic carbocycles. The maximum Gasteiger partial charge on any atom is 0.238 e. The quantitative estimate of drug-likeness (QED) is 0.160. The number of fused-ring (bicyclic) bond motifs is 8. The predicted molar refractivity (Wildman–Crippen MR) is 296 cm³/mol. The van der Waals surface area contributed by atoms with Crippen LogP contribution in [0.25, 0.3) is 106 Å². The number of aromatic nitrogens is 5. The maximum atomic E-state index is 5.60. The molecule has 0 fully saturated rings. The van der Waals surface area contributed by atoms with Crippen LogP contribution in [0.15, 0.2) is 200 Å². The van der Waals surface area contributed by atoms with Crippen LogP contribution in [0, 0.1) is 0 Å². The normalized spacial score (nSPS) is 15.9. The van der Waals surface area contributed by atoms with Crippen LogP contribution in [-0.4, -0.2) is 24.1 Å². The molecule has 5 nitrogen and oxygen atoms in total. The smallest absolute Gasteiger partial charge is 0.238 e. The van der Waals surface area contributed by atoms with Gasteiger partial charge in [0, 0.05) is 38.1 Å². The highest BCUT2D eigenvalue weighted by molar-refractivity contribution is 6.14. The molecule has 0 N–H and O–H groups in total. The molecule has 7 aromatic carbocycles. The number of hydrogen-bond donors (Lipinski definition) is 0. The van der Waals surface area contributed by atoms with Crippen molar-refractivity contribution in [1.82, 2.24) is 24.1 Å². The molecular formula is C66H51N5. The fraction of sp³-hybridized carbons (Fsp3) is 0.136. The Morgan fingerprint density at radius 2 is 0.859 bits per heavy atom. The Hall–Kier alpha value is -8.41. The van der Waals surface area contributed by atoms with Gasteiger partial charge < -0.3 is 4.57 Å². The van der Waals surface area contributed by atoms with Crippen molar-refractivity contribution in [2.45, 2.75) is 57.8 Å². The summed E-state index contributed by atoms with van der Waals surface area (Å²) >= 11 is 0. The predicted octanol–water partition coefficient (Wildman–Crippen LogP) is 16.9. The summed E-state index contributed by atoms with van der Waals surface area (Å²) in [5.41, 5.74) is 19.7. The summed E-state index contributed by atoms with van der Waals surface area (Å²) in [7, 11) is 0. The van der Waals surface area contributed by atoms with Crippen LogP contribution in [0.4, 0.5) is 0 Å². The van der Waals surface area contributed by atoms with Crippen molar-refractivity contribution in [3.8, 4) is 45.3 Å². The van der Waals surface area contributed by atoms with Gasteiger partial charge in [-0.2, -0.15) is 9.97 Å². The van der Waals surface area contributed by atoms with Crippen LogP contribution < -0.4 is 0 Å². The molecule has 0 atom stereocenters. The van der Waals surface area contributed by atoms with E-state index < -0.39 is 0 Å². The minimum atomic E-state index is -0.368. The summed E-state index contributed by atoms with van der Waals surface area (Å²) in [5, 5.41) is 4.75. The van der Waals surface area contributed by atoms with Gasteiger partial charge in [0.1, 0.15) is 0 Å². The molecule has 1 aliphatic heterocycles. The molecule has 0 spiro atoms. The van der Waals surface area contributed by atoms with E-state index in [1.807, 2.05) is 0 Å². The van der Waals surface area contributed by atoms with Gasteiger partial charge in [-0.05, 0) is 155 Å². The lowest BCUT2D eigenvalue weighted by Gasteiger charge is -2.35. The van der Waals surface area contributed by atoms with Crippen molar-refractivity contribution >= 4 is 60.3 Å². The highest BCUT2D eigenvalue weighted by Gasteiger charge is 2.37. The summed E-state index contributed by atoms with van der Waals surface area (Å²) in [6.07, 6.45) is 26.8. The second-order valence-electron chi connectivity index (χ2n) is 20.1. The number of allylic oxidation sites excluding steroid dienone is 12. The van der Waals surface area contributed by atoms with Crippen LogP contribution in [0.1, 0.15) is 80.5 Å². The SMILES string of the molecule is CC1(C)c2cc(-c3ccccc3)ccc2-n2c3ccc(C4=CCCC=C4)cc3c3cc(-c4nc(C5=CCCC=C5)nc(-n5c6ccc(C7=CCCC=C7)cc6c6cc(-c7ccccc7)ccc65)n4)cc1c32. The maximum absolute atomic E-state index is 5.60. The molecule has 0 amide bonds. The van der Waals surface area contributed by atoms with Gasteiger partial charge in [0.15, 0.2) is 11.6 Å². The molecule has 4 heterocycles. The Morgan fingerprint density at radius 3 is 1.45 bits per heavy atom. The third kappa shape index (κ3) is 6.78. The van der Waals surface area contributed by atoms with Crippen molar-refractivity contribution in [2.75, 3.05) is 0 Å². The summed E-state index contributed by atoms with van der Waals surface area (Å²) in [6.45, 7) is 4.78. The van der Waals surface area contributed by atoms with Crippen LogP contribution in [0.5, 0.6) is 0 Å². The van der Waals surface area contributed by atoms with E-state index >= 15 is 0 Å². The third-order valence-electron chi connectivity index (χ3n) is 15.4. The first-order chi connectivity index (χ1) is 34.9. The number of nitrogens with zero attached hydrogens (tertiary/aromatic N) is 5.